The van der Waals surface area contributed by atoms with Crippen LogP contribution in [0.1, 0.15) is 15.9 Å². The fraction of sp³-hybridized carbons (Fsp3) is 0.0588. The zero-order valence-electron chi connectivity index (χ0n) is 11.8. The monoisotopic (exact) mass is 295 g/mol. The molecule has 0 aliphatic carbocycles. The molecule has 0 unspecified atom stereocenters. The average Bonchev–Trinajstić information content (AvgIpc) is 2.53. The van der Waals surface area contributed by atoms with Gasteiger partial charge in [0, 0.05) is 16.5 Å². The Morgan fingerprint density at radius 3 is 2.59 bits per heavy atom. The lowest BCUT2D eigenvalue weighted by Crippen LogP contribution is -2.17. The van der Waals surface area contributed by atoms with Gasteiger partial charge in [-0.3, -0.25) is 4.79 Å². The Bertz CT molecular complexity index is 913. The summed E-state index contributed by atoms with van der Waals surface area (Å²) in [5, 5.41) is 12.8. The summed E-state index contributed by atoms with van der Waals surface area (Å²) in [6.45, 7) is 1.66. The summed E-state index contributed by atoms with van der Waals surface area (Å²) in [5.41, 5.74) is 0.638. The van der Waals surface area contributed by atoms with Crippen LogP contribution in [0.4, 0.5) is 5.69 Å². The first-order valence-corrected chi connectivity index (χ1v) is 6.69. The fourth-order valence-electron chi connectivity index (χ4n) is 2.18. The minimum Gasteiger partial charge on any atom is -0.508 e. The zero-order chi connectivity index (χ0) is 15.7. The number of hydrogen-bond donors (Lipinski definition) is 2. The van der Waals surface area contributed by atoms with E-state index in [4.69, 9.17) is 4.42 Å². The molecule has 0 saturated carbocycles. The number of hydrogen-bond acceptors (Lipinski definition) is 4. The molecule has 3 rings (SSSR count). The van der Waals surface area contributed by atoms with Gasteiger partial charge in [-0.25, -0.2) is 4.79 Å². The van der Waals surface area contributed by atoms with Gasteiger partial charge in [0.25, 0.3) is 5.91 Å². The molecule has 2 aromatic carbocycles. The highest BCUT2D eigenvalue weighted by Crippen LogP contribution is 2.26. The molecule has 0 bridgehead atoms. The Morgan fingerprint density at radius 2 is 1.86 bits per heavy atom. The number of carbonyl (C=O) groups is 1. The normalized spacial score (nSPS) is 10.6. The minimum atomic E-state index is -0.662. The molecule has 1 amide bonds. The Morgan fingerprint density at radius 1 is 1.14 bits per heavy atom. The van der Waals surface area contributed by atoms with Crippen molar-refractivity contribution in [2.45, 2.75) is 6.92 Å². The van der Waals surface area contributed by atoms with Gasteiger partial charge < -0.3 is 14.8 Å². The summed E-state index contributed by atoms with van der Waals surface area (Å²) in [4.78, 5) is 24.1. The predicted molar refractivity (Wildman–Crippen MR) is 83.3 cm³/mol. The van der Waals surface area contributed by atoms with Crippen molar-refractivity contribution in [3.63, 3.8) is 0 Å². The molecule has 0 aliphatic heterocycles. The number of carbonyl (C=O) groups excluding carboxylic acids is 1. The topological polar surface area (TPSA) is 79.5 Å². The minimum absolute atomic E-state index is 0.0525. The second kappa shape index (κ2) is 5.37. The Hall–Kier alpha value is -3.08. The van der Waals surface area contributed by atoms with E-state index >= 15 is 0 Å². The molecule has 1 heterocycles. The third kappa shape index (κ3) is 2.44. The number of fused-ring (bicyclic) bond motifs is 1. The van der Waals surface area contributed by atoms with Crippen molar-refractivity contribution in [3.05, 3.63) is 70.1 Å². The van der Waals surface area contributed by atoms with E-state index in [-0.39, 0.29) is 17.3 Å². The Kier molecular flexibility index (Phi) is 3.39. The highest BCUT2D eigenvalue weighted by atomic mass is 16.4. The predicted octanol–water partition coefficient (Wildman–Crippen LogP) is 3.06. The van der Waals surface area contributed by atoms with E-state index in [1.165, 1.54) is 12.1 Å². The molecule has 0 aliphatic rings. The Labute approximate surface area is 125 Å². The van der Waals surface area contributed by atoms with Gasteiger partial charge in [0.05, 0.1) is 0 Å². The molecule has 0 saturated heterocycles. The van der Waals surface area contributed by atoms with Crippen molar-refractivity contribution in [1.29, 1.82) is 0 Å². The smallest absolute Gasteiger partial charge is 0.360 e. The number of anilines is 1. The van der Waals surface area contributed by atoms with Crippen molar-refractivity contribution in [3.8, 4) is 5.75 Å². The van der Waals surface area contributed by atoms with E-state index in [1.54, 1.807) is 43.3 Å². The largest absolute Gasteiger partial charge is 0.508 e. The van der Waals surface area contributed by atoms with Gasteiger partial charge in [-0.1, -0.05) is 18.2 Å². The van der Waals surface area contributed by atoms with E-state index in [0.717, 1.165) is 0 Å². The number of nitrogens with one attached hydrogen (secondary N) is 1. The molecule has 0 fully saturated rings. The summed E-state index contributed by atoms with van der Waals surface area (Å²) in [6.07, 6.45) is 0. The Balaban J connectivity index is 2.02. The van der Waals surface area contributed by atoms with E-state index in [1.807, 2.05) is 0 Å². The fourth-order valence-corrected chi connectivity index (χ4v) is 2.18. The second-order valence-electron chi connectivity index (χ2n) is 4.90. The van der Waals surface area contributed by atoms with Crippen molar-refractivity contribution in [1.82, 2.24) is 0 Å². The molecule has 22 heavy (non-hydrogen) atoms. The maximum absolute atomic E-state index is 12.1. The van der Waals surface area contributed by atoms with Crippen LogP contribution in [0.5, 0.6) is 5.75 Å². The average molecular weight is 295 g/mol. The number of aromatic hydroxyl groups is 1. The van der Waals surface area contributed by atoms with Gasteiger partial charge >= 0.3 is 5.63 Å². The molecular weight excluding hydrogens is 282 g/mol. The third-order valence-corrected chi connectivity index (χ3v) is 3.41. The highest BCUT2D eigenvalue weighted by molar-refractivity contribution is 6.04. The van der Waals surface area contributed by atoms with E-state index in [0.29, 0.717) is 22.1 Å². The summed E-state index contributed by atoms with van der Waals surface area (Å²) < 4.78 is 5.21. The number of aryl methyl sites for hydroxylation is 1. The molecule has 3 aromatic rings. The number of amides is 1. The number of benzene rings is 2. The lowest BCUT2D eigenvalue weighted by atomic mass is 10.1. The molecule has 0 radical (unpaired) electrons. The van der Waals surface area contributed by atoms with Crippen molar-refractivity contribution in [2.24, 2.45) is 0 Å². The van der Waals surface area contributed by atoms with Crippen molar-refractivity contribution >= 4 is 22.6 Å². The van der Waals surface area contributed by atoms with Gasteiger partial charge in [0.1, 0.15) is 17.0 Å². The van der Waals surface area contributed by atoms with Crippen LogP contribution in [0, 0.1) is 6.92 Å². The lowest BCUT2D eigenvalue weighted by molar-refractivity contribution is 0.102. The second-order valence-corrected chi connectivity index (χ2v) is 4.90. The van der Waals surface area contributed by atoms with E-state index < -0.39 is 5.63 Å². The maximum Gasteiger partial charge on any atom is 0.360 e. The van der Waals surface area contributed by atoms with Crippen LogP contribution >= 0.6 is 0 Å². The molecule has 5 nitrogen and oxygen atoms in total. The van der Waals surface area contributed by atoms with Gasteiger partial charge in [0.2, 0.25) is 0 Å². The summed E-state index contributed by atoms with van der Waals surface area (Å²) in [7, 11) is 0. The first-order valence-electron chi connectivity index (χ1n) is 6.69. The molecule has 5 heteroatoms. The van der Waals surface area contributed by atoms with Gasteiger partial charge in [-0.2, -0.15) is 0 Å². The highest BCUT2D eigenvalue weighted by Gasteiger charge is 2.12. The zero-order valence-corrected chi connectivity index (χ0v) is 11.8. The van der Waals surface area contributed by atoms with Gasteiger partial charge in [-0.15, -0.1) is 0 Å². The van der Waals surface area contributed by atoms with Gasteiger partial charge in [-0.05, 0) is 37.3 Å². The van der Waals surface area contributed by atoms with Crippen LogP contribution in [0.3, 0.4) is 0 Å². The SMILES string of the molecule is Cc1c(O)ccc2cc(NC(=O)c3ccccc3)c(=O)oc12. The van der Waals surface area contributed by atoms with Crippen LogP contribution in [0.2, 0.25) is 0 Å². The molecule has 0 spiro atoms. The first-order chi connectivity index (χ1) is 10.6. The summed E-state index contributed by atoms with van der Waals surface area (Å²) in [5.74, 6) is -0.334. The van der Waals surface area contributed by atoms with Crippen LogP contribution in [0.25, 0.3) is 11.0 Å². The quantitative estimate of drug-likeness (QED) is 0.712. The van der Waals surface area contributed by atoms with Crippen LogP contribution in [-0.2, 0) is 0 Å². The standard InChI is InChI=1S/C17H13NO4/c1-10-14(19)8-7-12-9-13(17(21)22-15(10)12)18-16(20)11-5-3-2-4-6-11/h2-9,19H,1H3,(H,18,20). The summed E-state index contributed by atoms with van der Waals surface area (Å²) >= 11 is 0. The van der Waals surface area contributed by atoms with Crippen LogP contribution in [-0.4, -0.2) is 11.0 Å². The number of phenols is 1. The number of phenolic OH excluding ortho intramolecular Hbond substituents is 1. The van der Waals surface area contributed by atoms with E-state index in [9.17, 15) is 14.7 Å². The van der Waals surface area contributed by atoms with E-state index in [2.05, 4.69) is 5.32 Å². The number of rotatable bonds is 2. The molecule has 1 aromatic heterocycles. The molecule has 2 N–H and O–H groups in total. The summed E-state index contributed by atoms with van der Waals surface area (Å²) in [6, 6.07) is 13.3. The van der Waals surface area contributed by atoms with Crippen molar-refractivity contribution < 1.29 is 14.3 Å². The van der Waals surface area contributed by atoms with Gasteiger partial charge in [0.15, 0.2) is 0 Å². The maximum atomic E-state index is 12.1. The van der Waals surface area contributed by atoms with Crippen molar-refractivity contribution in [2.75, 3.05) is 5.32 Å². The molecular formula is C17H13NO4. The molecule has 0 atom stereocenters. The lowest BCUT2D eigenvalue weighted by Gasteiger charge is -2.07. The molecule has 110 valence electrons. The first kappa shape index (κ1) is 13.9. The van der Waals surface area contributed by atoms with Crippen LogP contribution in [0.15, 0.2) is 57.7 Å². The van der Waals surface area contributed by atoms with Crippen LogP contribution < -0.4 is 10.9 Å². The third-order valence-electron chi connectivity index (χ3n) is 3.41.